The summed E-state index contributed by atoms with van der Waals surface area (Å²) in [4.78, 5) is 14.2. The minimum atomic E-state index is 0.197. The Labute approximate surface area is 125 Å². The molecule has 3 heteroatoms. The third-order valence-electron chi connectivity index (χ3n) is 3.12. The van der Waals surface area contributed by atoms with Gasteiger partial charge in [-0.05, 0) is 35.4 Å². The van der Waals surface area contributed by atoms with Gasteiger partial charge in [0, 0.05) is 37.6 Å². The van der Waals surface area contributed by atoms with Crippen molar-refractivity contribution < 1.29 is 4.79 Å². The molecule has 0 fully saturated rings. The highest BCUT2D eigenvalue weighted by Gasteiger charge is 2.07. The summed E-state index contributed by atoms with van der Waals surface area (Å²) in [5.41, 5.74) is 3.12. The second-order valence-corrected chi connectivity index (χ2v) is 5.52. The molecule has 104 valence electrons. The van der Waals surface area contributed by atoms with E-state index in [-0.39, 0.29) is 5.78 Å². The van der Waals surface area contributed by atoms with E-state index < -0.39 is 0 Å². The van der Waals surface area contributed by atoms with Crippen molar-refractivity contribution >= 4 is 23.1 Å². The summed E-state index contributed by atoms with van der Waals surface area (Å²) in [6, 6.07) is 15.5. The van der Waals surface area contributed by atoms with Crippen LogP contribution in [0.5, 0.6) is 0 Å². The van der Waals surface area contributed by atoms with Crippen LogP contribution < -0.4 is 4.90 Å². The van der Waals surface area contributed by atoms with Gasteiger partial charge in [-0.1, -0.05) is 35.9 Å². The zero-order valence-corrected chi connectivity index (χ0v) is 12.5. The number of hydrogen-bond acceptors (Lipinski definition) is 2. The molecule has 0 aromatic heterocycles. The molecule has 2 nitrogen and oxygen atoms in total. The Balaban J connectivity index is 2.03. The number of ketones is 1. The highest BCUT2D eigenvalue weighted by atomic mass is 35.5. The fourth-order valence-electron chi connectivity index (χ4n) is 2.11. The molecule has 20 heavy (non-hydrogen) atoms. The van der Waals surface area contributed by atoms with Crippen LogP contribution in [0, 0.1) is 0 Å². The number of halogens is 1. The number of carbonyl (C=O) groups excluding carboxylic acids is 1. The maximum absolute atomic E-state index is 12.1. The zero-order chi connectivity index (χ0) is 14.5. The Morgan fingerprint density at radius 2 is 1.60 bits per heavy atom. The van der Waals surface area contributed by atoms with E-state index in [1.165, 1.54) is 0 Å². The van der Waals surface area contributed by atoms with E-state index >= 15 is 0 Å². The van der Waals surface area contributed by atoms with E-state index in [0.29, 0.717) is 17.9 Å². The lowest BCUT2D eigenvalue weighted by Crippen LogP contribution is -2.10. The molecule has 2 aromatic rings. The lowest BCUT2D eigenvalue weighted by Gasteiger charge is -2.13. The van der Waals surface area contributed by atoms with Gasteiger partial charge in [0.15, 0.2) is 0 Å². The molecule has 0 heterocycles. The Hall–Kier alpha value is -1.80. The zero-order valence-electron chi connectivity index (χ0n) is 11.8. The van der Waals surface area contributed by atoms with Gasteiger partial charge in [0.25, 0.3) is 0 Å². The standard InChI is InChI=1S/C17H18ClNO/c1-19(2)16-8-4-6-14(10-16)12-17(20)11-13-5-3-7-15(18)9-13/h3-10H,11-12H2,1-2H3. The van der Waals surface area contributed by atoms with Crippen LogP contribution in [-0.2, 0) is 17.6 Å². The topological polar surface area (TPSA) is 20.3 Å². The predicted molar refractivity (Wildman–Crippen MR) is 84.6 cm³/mol. The molecule has 0 aliphatic rings. The van der Waals surface area contributed by atoms with Crippen LogP contribution in [0.15, 0.2) is 48.5 Å². The molecule has 0 saturated heterocycles. The number of anilines is 1. The van der Waals surface area contributed by atoms with Crippen molar-refractivity contribution in [3.8, 4) is 0 Å². The van der Waals surface area contributed by atoms with Gasteiger partial charge >= 0.3 is 0 Å². The van der Waals surface area contributed by atoms with Crippen LogP contribution in [0.2, 0.25) is 5.02 Å². The van der Waals surface area contributed by atoms with Gasteiger partial charge in [-0.2, -0.15) is 0 Å². The van der Waals surface area contributed by atoms with Crippen molar-refractivity contribution in [1.82, 2.24) is 0 Å². The van der Waals surface area contributed by atoms with Gasteiger partial charge in [-0.3, -0.25) is 4.79 Å². The first kappa shape index (κ1) is 14.6. The predicted octanol–water partition coefficient (Wildman–Crippen LogP) is 3.76. The summed E-state index contributed by atoms with van der Waals surface area (Å²) in [6.07, 6.45) is 0.876. The van der Waals surface area contributed by atoms with Crippen molar-refractivity contribution in [3.63, 3.8) is 0 Å². The third-order valence-corrected chi connectivity index (χ3v) is 3.35. The van der Waals surface area contributed by atoms with E-state index in [4.69, 9.17) is 11.6 Å². The first-order chi connectivity index (χ1) is 9.54. The van der Waals surface area contributed by atoms with Gasteiger partial charge in [0.1, 0.15) is 5.78 Å². The maximum Gasteiger partial charge on any atom is 0.141 e. The molecule has 0 radical (unpaired) electrons. The molecule has 2 aromatic carbocycles. The van der Waals surface area contributed by atoms with Crippen molar-refractivity contribution in [2.75, 3.05) is 19.0 Å². The van der Waals surface area contributed by atoms with Crippen LogP contribution in [0.1, 0.15) is 11.1 Å². The van der Waals surface area contributed by atoms with E-state index in [1.54, 1.807) is 0 Å². The Kier molecular flexibility index (Phi) is 4.80. The second-order valence-electron chi connectivity index (χ2n) is 5.09. The smallest absolute Gasteiger partial charge is 0.141 e. The van der Waals surface area contributed by atoms with Crippen molar-refractivity contribution in [2.45, 2.75) is 12.8 Å². The van der Waals surface area contributed by atoms with Crippen LogP contribution >= 0.6 is 11.6 Å². The van der Waals surface area contributed by atoms with E-state index in [2.05, 4.69) is 6.07 Å². The molecule has 0 aliphatic heterocycles. The quantitative estimate of drug-likeness (QED) is 0.834. The number of carbonyl (C=O) groups is 1. The molecule has 0 amide bonds. The number of hydrogen-bond donors (Lipinski definition) is 0. The Bertz CT molecular complexity index is 607. The first-order valence-corrected chi connectivity index (χ1v) is 6.95. The van der Waals surface area contributed by atoms with Gasteiger partial charge in [0.05, 0.1) is 0 Å². The SMILES string of the molecule is CN(C)c1cccc(CC(=O)Cc2cccc(Cl)c2)c1. The van der Waals surface area contributed by atoms with Gasteiger partial charge < -0.3 is 4.90 Å². The highest BCUT2D eigenvalue weighted by molar-refractivity contribution is 6.30. The number of benzene rings is 2. The van der Waals surface area contributed by atoms with E-state index in [1.807, 2.05) is 61.5 Å². The first-order valence-electron chi connectivity index (χ1n) is 6.57. The minimum Gasteiger partial charge on any atom is -0.378 e. The number of nitrogens with zero attached hydrogens (tertiary/aromatic N) is 1. The maximum atomic E-state index is 12.1. The summed E-state index contributed by atoms with van der Waals surface area (Å²) in [7, 11) is 3.99. The molecule has 0 N–H and O–H groups in total. The second kappa shape index (κ2) is 6.58. The summed E-state index contributed by atoms with van der Waals surface area (Å²) < 4.78 is 0. The summed E-state index contributed by atoms with van der Waals surface area (Å²) in [5, 5.41) is 0.671. The van der Waals surface area contributed by atoms with E-state index in [9.17, 15) is 4.79 Å². The number of rotatable bonds is 5. The molecule has 0 aliphatic carbocycles. The van der Waals surface area contributed by atoms with Gasteiger partial charge in [0.2, 0.25) is 0 Å². The van der Waals surface area contributed by atoms with Crippen molar-refractivity contribution in [3.05, 3.63) is 64.7 Å². The van der Waals surface area contributed by atoms with Crippen LogP contribution in [0.25, 0.3) is 0 Å². The average Bonchev–Trinajstić information content (AvgIpc) is 2.38. The molecule has 0 spiro atoms. The molecule has 2 rings (SSSR count). The van der Waals surface area contributed by atoms with Crippen LogP contribution in [-0.4, -0.2) is 19.9 Å². The minimum absolute atomic E-state index is 0.197. The fraction of sp³-hybridized carbons (Fsp3) is 0.235. The molecular formula is C17H18ClNO. The molecular weight excluding hydrogens is 270 g/mol. The van der Waals surface area contributed by atoms with Crippen molar-refractivity contribution in [2.24, 2.45) is 0 Å². The summed E-state index contributed by atoms with van der Waals surface area (Å²) in [5.74, 6) is 0.197. The average molecular weight is 288 g/mol. The Morgan fingerprint density at radius 1 is 1.00 bits per heavy atom. The highest BCUT2D eigenvalue weighted by Crippen LogP contribution is 2.16. The lowest BCUT2D eigenvalue weighted by atomic mass is 10.0. The van der Waals surface area contributed by atoms with Crippen LogP contribution in [0.3, 0.4) is 0 Å². The van der Waals surface area contributed by atoms with Crippen molar-refractivity contribution in [1.29, 1.82) is 0 Å². The van der Waals surface area contributed by atoms with Gasteiger partial charge in [-0.25, -0.2) is 0 Å². The summed E-state index contributed by atoms with van der Waals surface area (Å²) in [6.45, 7) is 0. The molecule has 0 saturated carbocycles. The Morgan fingerprint density at radius 3 is 2.20 bits per heavy atom. The largest absolute Gasteiger partial charge is 0.378 e. The molecule has 0 atom stereocenters. The summed E-state index contributed by atoms with van der Waals surface area (Å²) >= 11 is 5.93. The normalized spacial score (nSPS) is 10.3. The van der Waals surface area contributed by atoms with E-state index in [0.717, 1.165) is 16.8 Å². The van der Waals surface area contributed by atoms with Crippen LogP contribution in [0.4, 0.5) is 5.69 Å². The fourth-order valence-corrected chi connectivity index (χ4v) is 2.32. The molecule has 0 unspecified atom stereocenters. The van der Waals surface area contributed by atoms with Gasteiger partial charge in [-0.15, -0.1) is 0 Å². The monoisotopic (exact) mass is 287 g/mol. The molecule has 0 bridgehead atoms. The number of Topliss-reactive ketones (excluding diaryl/α,β-unsaturated/α-hetero) is 1. The lowest BCUT2D eigenvalue weighted by molar-refractivity contribution is -0.117. The third kappa shape index (κ3) is 4.10.